The third-order valence-corrected chi connectivity index (χ3v) is 7.24. The van der Waals surface area contributed by atoms with Crippen LogP contribution in [0.3, 0.4) is 0 Å². The molecule has 0 heterocycles. The van der Waals surface area contributed by atoms with E-state index in [0.717, 1.165) is 16.4 Å². The second kappa shape index (κ2) is 10.9. The number of halogens is 3. The Morgan fingerprint density at radius 3 is 2.26 bits per heavy atom. The molecule has 0 spiro atoms. The molecule has 1 N–H and O–H groups in total. The smallest absolute Gasteiger partial charge is 0.264 e. The van der Waals surface area contributed by atoms with Gasteiger partial charge in [-0.15, -0.1) is 0 Å². The van der Waals surface area contributed by atoms with E-state index >= 15 is 0 Å². The molecule has 3 rings (SSSR count). The van der Waals surface area contributed by atoms with Crippen LogP contribution in [0.2, 0.25) is 5.02 Å². The fourth-order valence-corrected chi connectivity index (χ4v) is 5.11. The van der Waals surface area contributed by atoms with Crippen LogP contribution in [0.15, 0.2) is 59.5 Å². The minimum Gasteiger partial charge on any atom is -0.493 e. The quantitative estimate of drug-likeness (QED) is 0.454. The number of ether oxygens (including phenoxy) is 2. The van der Waals surface area contributed by atoms with Gasteiger partial charge in [0.1, 0.15) is 18.2 Å². The van der Waals surface area contributed by atoms with Gasteiger partial charge in [0.05, 0.1) is 24.8 Å². The summed E-state index contributed by atoms with van der Waals surface area (Å²) in [5.74, 6) is -1.72. The summed E-state index contributed by atoms with van der Waals surface area (Å²) in [4.78, 5) is 12.2. The average molecular weight is 525 g/mol. The lowest BCUT2D eigenvalue weighted by Crippen LogP contribution is -2.40. The van der Waals surface area contributed by atoms with Gasteiger partial charge < -0.3 is 14.8 Å². The molecule has 11 heteroatoms. The van der Waals surface area contributed by atoms with Crippen LogP contribution in [0.5, 0.6) is 11.5 Å². The van der Waals surface area contributed by atoms with Crippen molar-refractivity contribution in [2.45, 2.75) is 11.3 Å². The number of carbonyl (C=O) groups excluding carboxylic acids is 1. The summed E-state index contributed by atoms with van der Waals surface area (Å²) < 4.78 is 67.5. The zero-order valence-corrected chi connectivity index (χ0v) is 20.7. The van der Waals surface area contributed by atoms with Gasteiger partial charge in [0.2, 0.25) is 5.91 Å². The van der Waals surface area contributed by atoms with Crippen molar-refractivity contribution in [3.63, 3.8) is 0 Å². The molecule has 0 bridgehead atoms. The molecule has 0 unspecified atom stereocenters. The van der Waals surface area contributed by atoms with Crippen molar-refractivity contribution in [2.24, 2.45) is 0 Å². The standard InChI is InChI=1S/C24H23ClF2N2O5S/c1-28-24(30)14-29(35(31,32)17-8-10-22(33-2)23(13-17)34-3)21-9-7-16(25)11-15(21)12-18-19(26)5-4-6-20(18)27/h4-11,13H,12,14H2,1-3H3,(H,28,30). The Kier molecular flexibility index (Phi) is 8.18. The van der Waals surface area contributed by atoms with E-state index in [1.165, 1.54) is 63.7 Å². The highest BCUT2D eigenvalue weighted by Gasteiger charge is 2.30. The van der Waals surface area contributed by atoms with Crippen molar-refractivity contribution >= 4 is 33.2 Å². The largest absolute Gasteiger partial charge is 0.493 e. The normalized spacial score (nSPS) is 11.1. The highest BCUT2D eigenvalue weighted by atomic mass is 35.5. The van der Waals surface area contributed by atoms with Gasteiger partial charge in [-0.25, -0.2) is 17.2 Å². The first-order valence-corrected chi connectivity index (χ1v) is 12.1. The fourth-order valence-electron chi connectivity index (χ4n) is 3.44. The van der Waals surface area contributed by atoms with Crippen molar-refractivity contribution in [1.82, 2.24) is 5.32 Å². The Bertz CT molecular complexity index is 1330. The lowest BCUT2D eigenvalue weighted by molar-refractivity contribution is -0.119. The second-order valence-corrected chi connectivity index (χ2v) is 9.65. The maximum Gasteiger partial charge on any atom is 0.264 e. The molecule has 3 aromatic carbocycles. The van der Waals surface area contributed by atoms with E-state index in [0.29, 0.717) is 5.75 Å². The lowest BCUT2D eigenvalue weighted by Gasteiger charge is -2.26. The number of benzene rings is 3. The second-order valence-electron chi connectivity index (χ2n) is 7.35. The van der Waals surface area contributed by atoms with Crippen LogP contribution < -0.4 is 19.1 Å². The van der Waals surface area contributed by atoms with Gasteiger partial charge in [0.25, 0.3) is 10.0 Å². The summed E-state index contributed by atoms with van der Waals surface area (Å²) in [6.07, 6.45) is -0.305. The average Bonchev–Trinajstić information content (AvgIpc) is 2.84. The summed E-state index contributed by atoms with van der Waals surface area (Å²) >= 11 is 6.14. The zero-order chi connectivity index (χ0) is 25.8. The van der Waals surface area contributed by atoms with E-state index < -0.39 is 34.1 Å². The molecule has 0 radical (unpaired) electrons. The molecule has 0 aliphatic carbocycles. The van der Waals surface area contributed by atoms with Gasteiger partial charge in [-0.05, 0) is 48.0 Å². The highest BCUT2D eigenvalue weighted by Crippen LogP contribution is 2.35. The van der Waals surface area contributed by atoms with E-state index in [2.05, 4.69) is 5.32 Å². The number of methoxy groups -OCH3 is 2. The Balaban J connectivity index is 2.19. The number of hydrogen-bond acceptors (Lipinski definition) is 5. The number of anilines is 1. The summed E-state index contributed by atoms with van der Waals surface area (Å²) in [5, 5.41) is 2.62. The number of carbonyl (C=O) groups is 1. The minimum atomic E-state index is -4.36. The van der Waals surface area contributed by atoms with Gasteiger partial charge >= 0.3 is 0 Å². The molecule has 7 nitrogen and oxygen atoms in total. The van der Waals surface area contributed by atoms with Crippen LogP contribution in [-0.4, -0.2) is 42.1 Å². The Hall–Kier alpha value is -3.37. The Morgan fingerprint density at radius 1 is 1.00 bits per heavy atom. The lowest BCUT2D eigenvalue weighted by atomic mass is 10.0. The van der Waals surface area contributed by atoms with E-state index in [-0.39, 0.29) is 38.9 Å². The van der Waals surface area contributed by atoms with Crippen molar-refractivity contribution in [3.05, 3.63) is 82.4 Å². The summed E-state index contributed by atoms with van der Waals surface area (Å²) in [7, 11) is -0.230. The zero-order valence-electron chi connectivity index (χ0n) is 19.1. The molecule has 0 saturated carbocycles. The first-order chi connectivity index (χ1) is 16.6. The number of nitrogens with one attached hydrogen (secondary N) is 1. The molecule has 0 atom stereocenters. The minimum absolute atomic E-state index is 0.0374. The van der Waals surface area contributed by atoms with Gasteiger partial charge in [0.15, 0.2) is 11.5 Å². The van der Waals surface area contributed by atoms with Crippen LogP contribution in [-0.2, 0) is 21.2 Å². The predicted octanol–water partition coefficient (Wildman–Crippen LogP) is 4.17. The molecule has 0 fully saturated rings. The van der Waals surface area contributed by atoms with E-state index in [1.807, 2.05) is 0 Å². The third-order valence-electron chi connectivity index (χ3n) is 5.25. The number of nitrogens with zero attached hydrogens (tertiary/aromatic N) is 1. The monoisotopic (exact) mass is 524 g/mol. The third kappa shape index (κ3) is 5.66. The summed E-state index contributed by atoms with van der Waals surface area (Å²) in [6, 6.07) is 11.6. The summed E-state index contributed by atoms with van der Waals surface area (Å²) in [5.41, 5.74) is -0.0238. The van der Waals surface area contributed by atoms with Crippen LogP contribution in [0.25, 0.3) is 0 Å². The Morgan fingerprint density at radius 2 is 1.66 bits per heavy atom. The van der Waals surface area contributed by atoms with Gasteiger partial charge in [-0.2, -0.15) is 0 Å². The predicted molar refractivity (Wildman–Crippen MR) is 129 cm³/mol. The van der Waals surface area contributed by atoms with Crippen molar-refractivity contribution in [1.29, 1.82) is 0 Å². The van der Waals surface area contributed by atoms with Gasteiger partial charge in [0, 0.05) is 30.1 Å². The summed E-state index contributed by atoms with van der Waals surface area (Å²) in [6.45, 7) is -0.596. The highest BCUT2D eigenvalue weighted by molar-refractivity contribution is 7.92. The topological polar surface area (TPSA) is 84.9 Å². The number of likely N-dealkylation sites (N-methyl/N-ethyl adjacent to an activating group) is 1. The van der Waals surface area contributed by atoms with E-state index in [1.54, 1.807) is 0 Å². The van der Waals surface area contributed by atoms with Crippen LogP contribution in [0.1, 0.15) is 11.1 Å². The van der Waals surface area contributed by atoms with Gasteiger partial charge in [-0.1, -0.05) is 17.7 Å². The van der Waals surface area contributed by atoms with Gasteiger partial charge in [-0.3, -0.25) is 9.10 Å². The molecule has 1 amide bonds. The Labute approximate surface area is 207 Å². The molecule has 0 aromatic heterocycles. The van der Waals surface area contributed by atoms with Crippen LogP contribution in [0, 0.1) is 11.6 Å². The maximum absolute atomic E-state index is 14.4. The molecular formula is C24H23ClF2N2O5S. The van der Waals surface area contributed by atoms with Crippen molar-refractivity contribution < 1.29 is 31.5 Å². The SMILES string of the molecule is CNC(=O)CN(c1ccc(Cl)cc1Cc1c(F)cccc1F)S(=O)(=O)c1ccc(OC)c(OC)c1. The number of hydrogen-bond donors (Lipinski definition) is 1. The molecule has 0 aliphatic heterocycles. The van der Waals surface area contributed by atoms with E-state index in [4.69, 9.17) is 21.1 Å². The maximum atomic E-state index is 14.4. The van der Waals surface area contributed by atoms with Crippen LogP contribution in [0.4, 0.5) is 14.5 Å². The number of amides is 1. The molecule has 0 saturated heterocycles. The number of rotatable bonds is 9. The molecular weight excluding hydrogens is 502 g/mol. The fraction of sp³-hybridized carbons (Fsp3) is 0.208. The molecule has 0 aliphatic rings. The molecule has 186 valence electrons. The van der Waals surface area contributed by atoms with Crippen LogP contribution >= 0.6 is 11.6 Å². The first kappa shape index (κ1) is 26.2. The molecule has 3 aromatic rings. The number of sulfonamides is 1. The van der Waals surface area contributed by atoms with Crippen molar-refractivity contribution in [3.8, 4) is 11.5 Å². The first-order valence-electron chi connectivity index (χ1n) is 10.3. The molecule has 35 heavy (non-hydrogen) atoms. The van der Waals surface area contributed by atoms with E-state index in [9.17, 15) is 22.0 Å². The van der Waals surface area contributed by atoms with Crippen molar-refractivity contribution in [2.75, 3.05) is 32.1 Å².